The van der Waals surface area contributed by atoms with Crippen molar-refractivity contribution in [2.24, 2.45) is 4.99 Å². The average Bonchev–Trinajstić information content (AvgIpc) is 3.10. The third-order valence-electron chi connectivity index (χ3n) is 6.14. The molecule has 2 aliphatic rings. The predicted octanol–water partition coefficient (Wildman–Crippen LogP) is 7.19. The van der Waals surface area contributed by atoms with Gasteiger partial charge < -0.3 is 5.32 Å². The number of carbonyl (C=O) groups excluding carboxylic acids is 1. The molecule has 1 N–H and O–H groups in total. The molecule has 0 radical (unpaired) electrons. The zero-order valence-electron chi connectivity index (χ0n) is 18.9. The van der Waals surface area contributed by atoms with E-state index >= 15 is 0 Å². The van der Waals surface area contributed by atoms with Crippen LogP contribution in [0.3, 0.4) is 0 Å². The maximum Gasteiger partial charge on any atom is 0.276 e. The Morgan fingerprint density at radius 1 is 0.971 bits per heavy atom. The van der Waals surface area contributed by atoms with Crippen molar-refractivity contribution in [1.82, 2.24) is 15.1 Å². The minimum atomic E-state index is -0.223. The Bertz CT molecular complexity index is 1370. The molecule has 1 aliphatic carbocycles. The molecule has 2 heterocycles. The Labute approximate surface area is 219 Å². The number of aliphatic imine (C=N–C) groups is 1. The summed E-state index contributed by atoms with van der Waals surface area (Å²) in [5.74, 6) is -0.223. The van der Waals surface area contributed by atoms with Crippen LogP contribution in [0, 0.1) is 0 Å². The third-order valence-corrected chi connectivity index (χ3v) is 6.93. The molecule has 0 fully saturated rings. The Kier molecular flexibility index (Phi) is 7.09. The normalized spacial score (nSPS) is 16.5. The first-order valence-corrected chi connectivity index (χ1v) is 12.7. The number of aromatic nitrogens is 2. The van der Waals surface area contributed by atoms with Crippen molar-refractivity contribution in [2.75, 3.05) is 6.54 Å². The number of nitrogens with zero attached hydrogens (tertiary/aromatic N) is 3. The maximum absolute atomic E-state index is 13.4. The summed E-state index contributed by atoms with van der Waals surface area (Å²) in [5, 5.41) is 9.55. The van der Waals surface area contributed by atoms with Gasteiger partial charge in [0.05, 0.1) is 16.4 Å². The van der Waals surface area contributed by atoms with Crippen LogP contribution in [0.2, 0.25) is 15.1 Å². The van der Waals surface area contributed by atoms with Crippen molar-refractivity contribution >= 4 is 58.6 Å². The highest BCUT2D eigenvalue weighted by Gasteiger charge is 2.28. The molecule has 0 saturated heterocycles. The number of hydrogen-bond acceptors (Lipinski definition) is 3. The minimum Gasteiger partial charge on any atom is -0.324 e. The molecule has 0 unspecified atom stereocenters. The van der Waals surface area contributed by atoms with Crippen LogP contribution in [-0.4, -0.2) is 28.4 Å². The predicted molar refractivity (Wildman–Crippen MR) is 144 cm³/mol. The highest BCUT2D eigenvalue weighted by atomic mass is 35.5. The topological polar surface area (TPSA) is 59.3 Å². The number of dihydropyridines is 1. The van der Waals surface area contributed by atoms with E-state index in [1.807, 2.05) is 36.4 Å². The fourth-order valence-corrected chi connectivity index (χ4v) is 5.07. The molecule has 0 spiro atoms. The summed E-state index contributed by atoms with van der Waals surface area (Å²) in [6, 6.07) is 13.0. The molecule has 1 aliphatic heterocycles. The van der Waals surface area contributed by atoms with Gasteiger partial charge in [-0.15, -0.1) is 0 Å². The number of rotatable bonds is 4. The number of halogens is 3. The van der Waals surface area contributed by atoms with E-state index in [1.54, 1.807) is 23.0 Å². The van der Waals surface area contributed by atoms with Crippen molar-refractivity contribution in [3.05, 3.63) is 91.8 Å². The summed E-state index contributed by atoms with van der Waals surface area (Å²) in [5.41, 5.74) is 5.90. The molecule has 0 bridgehead atoms. The van der Waals surface area contributed by atoms with E-state index in [1.165, 1.54) is 0 Å². The fraction of sp³-hybridized carbons (Fsp3) is 0.222. The largest absolute Gasteiger partial charge is 0.324 e. The molecular weight excluding hydrogens is 503 g/mol. The standard InChI is InChI=1S/C27H23Cl3N4O/c28-19-7-5-17(6-8-19)15-18-3-1-2-4-22-25(27(35)32-21-11-13-31-14-12-21)33-34(26(18)22)24-10-9-20(29)16-23(24)30/h5-11,13,15-16H,1-4,12,14H2,(H,32,35)/b18-15+. The fourth-order valence-electron chi connectivity index (χ4n) is 4.46. The van der Waals surface area contributed by atoms with E-state index < -0.39 is 0 Å². The van der Waals surface area contributed by atoms with Crippen molar-refractivity contribution in [1.29, 1.82) is 0 Å². The number of amides is 1. The molecule has 1 amide bonds. The van der Waals surface area contributed by atoms with Crippen molar-refractivity contribution in [3.8, 4) is 5.69 Å². The van der Waals surface area contributed by atoms with Crippen LogP contribution in [0.5, 0.6) is 0 Å². The molecular formula is C27H23Cl3N4O. The lowest BCUT2D eigenvalue weighted by Gasteiger charge is -2.13. The first-order chi connectivity index (χ1) is 17.0. The molecule has 35 heavy (non-hydrogen) atoms. The van der Waals surface area contributed by atoms with Gasteiger partial charge in [-0.2, -0.15) is 5.10 Å². The molecule has 8 heteroatoms. The molecule has 5 nitrogen and oxygen atoms in total. The lowest BCUT2D eigenvalue weighted by molar-refractivity contribution is 0.0958. The van der Waals surface area contributed by atoms with Gasteiger partial charge in [0.25, 0.3) is 5.91 Å². The van der Waals surface area contributed by atoms with Crippen LogP contribution in [-0.2, 0) is 6.42 Å². The van der Waals surface area contributed by atoms with Crippen molar-refractivity contribution < 1.29 is 4.79 Å². The zero-order chi connectivity index (χ0) is 24.4. The van der Waals surface area contributed by atoms with E-state index in [-0.39, 0.29) is 5.91 Å². The van der Waals surface area contributed by atoms with Crippen LogP contribution in [0.25, 0.3) is 17.3 Å². The summed E-state index contributed by atoms with van der Waals surface area (Å²) < 4.78 is 1.80. The molecule has 2 aromatic carbocycles. The molecule has 178 valence electrons. The Morgan fingerprint density at radius 2 is 1.74 bits per heavy atom. The molecule has 0 saturated carbocycles. The van der Waals surface area contributed by atoms with Gasteiger partial charge in [-0.3, -0.25) is 9.79 Å². The third kappa shape index (κ3) is 5.22. The molecule has 5 rings (SSSR count). The zero-order valence-corrected chi connectivity index (χ0v) is 21.2. The molecule has 3 aromatic rings. The smallest absolute Gasteiger partial charge is 0.276 e. The summed E-state index contributed by atoms with van der Waals surface area (Å²) in [4.78, 5) is 17.6. The first kappa shape index (κ1) is 23.9. The average molecular weight is 526 g/mol. The number of benzene rings is 2. The number of fused-ring (bicyclic) bond motifs is 1. The maximum atomic E-state index is 13.4. The van der Waals surface area contributed by atoms with E-state index in [2.05, 4.69) is 16.4 Å². The number of allylic oxidation sites excluding steroid dienone is 2. The number of carbonyl (C=O) groups is 1. The van der Waals surface area contributed by atoms with E-state index in [9.17, 15) is 4.79 Å². The first-order valence-electron chi connectivity index (χ1n) is 11.5. The minimum absolute atomic E-state index is 0.223. The van der Waals surface area contributed by atoms with Gasteiger partial charge in [0.2, 0.25) is 0 Å². The Balaban J connectivity index is 1.67. The van der Waals surface area contributed by atoms with Gasteiger partial charge in [0, 0.05) is 40.5 Å². The second kappa shape index (κ2) is 10.4. The van der Waals surface area contributed by atoms with Gasteiger partial charge in [0.1, 0.15) is 0 Å². The number of hydrogen-bond donors (Lipinski definition) is 1. The lowest BCUT2D eigenvalue weighted by Crippen LogP contribution is -2.25. The lowest BCUT2D eigenvalue weighted by atomic mass is 10.0. The van der Waals surface area contributed by atoms with Crippen molar-refractivity contribution in [3.63, 3.8) is 0 Å². The summed E-state index contributed by atoms with van der Waals surface area (Å²) >= 11 is 18.9. The summed E-state index contributed by atoms with van der Waals surface area (Å²) in [7, 11) is 0. The second-order valence-electron chi connectivity index (χ2n) is 8.56. The quantitative estimate of drug-likeness (QED) is 0.367. The Hall–Kier alpha value is -2.86. The molecule has 1 aromatic heterocycles. The monoisotopic (exact) mass is 524 g/mol. The van der Waals surface area contributed by atoms with Gasteiger partial charge >= 0.3 is 0 Å². The van der Waals surface area contributed by atoms with Crippen molar-refractivity contribution in [2.45, 2.75) is 32.1 Å². The van der Waals surface area contributed by atoms with Crippen LogP contribution in [0.15, 0.2) is 59.2 Å². The number of nitrogens with one attached hydrogen (secondary N) is 1. The van der Waals surface area contributed by atoms with Crippen LogP contribution < -0.4 is 5.32 Å². The highest BCUT2D eigenvalue weighted by molar-refractivity contribution is 6.35. The van der Waals surface area contributed by atoms with Gasteiger partial charge in [-0.25, -0.2) is 4.68 Å². The summed E-state index contributed by atoms with van der Waals surface area (Å²) in [6.07, 6.45) is 9.96. The van der Waals surface area contributed by atoms with E-state index in [0.717, 1.165) is 53.8 Å². The van der Waals surface area contributed by atoms with Crippen LogP contribution in [0.4, 0.5) is 0 Å². The second-order valence-corrected chi connectivity index (χ2v) is 9.84. The van der Waals surface area contributed by atoms with Gasteiger partial charge in [0.15, 0.2) is 5.69 Å². The molecule has 0 atom stereocenters. The highest BCUT2D eigenvalue weighted by Crippen LogP contribution is 2.37. The van der Waals surface area contributed by atoms with E-state index in [4.69, 9.17) is 39.9 Å². The van der Waals surface area contributed by atoms with Gasteiger partial charge in [-0.1, -0.05) is 46.9 Å². The Morgan fingerprint density at radius 3 is 2.49 bits per heavy atom. The van der Waals surface area contributed by atoms with E-state index in [0.29, 0.717) is 39.4 Å². The summed E-state index contributed by atoms with van der Waals surface area (Å²) in [6.45, 7) is 0.660. The van der Waals surface area contributed by atoms with Crippen LogP contribution in [0.1, 0.15) is 53.0 Å². The van der Waals surface area contributed by atoms with Gasteiger partial charge in [-0.05, 0) is 79.3 Å². The SMILES string of the molecule is O=C(NC1=CC=NCC1)c1nn(-c2ccc(Cl)cc2Cl)c2c1CCCC/C2=C\c1ccc(Cl)cc1. The van der Waals surface area contributed by atoms with Crippen LogP contribution >= 0.6 is 34.8 Å².